The zero-order valence-electron chi connectivity index (χ0n) is 11.5. The van der Waals surface area contributed by atoms with Crippen LogP contribution in [0, 0.1) is 0 Å². The number of alkyl halides is 3. The van der Waals surface area contributed by atoms with Gasteiger partial charge in [0.15, 0.2) is 0 Å². The van der Waals surface area contributed by atoms with E-state index < -0.39 is 23.0 Å². The Morgan fingerprint density at radius 1 is 0.957 bits per heavy atom. The third-order valence-electron chi connectivity index (χ3n) is 3.26. The van der Waals surface area contributed by atoms with Crippen LogP contribution in [0.5, 0.6) is 5.75 Å². The zero-order chi connectivity index (χ0) is 16.7. The first-order valence-corrected chi connectivity index (χ1v) is 9.37. The minimum Gasteiger partial charge on any atom is -0.442 e. The van der Waals surface area contributed by atoms with Gasteiger partial charge in [0.25, 0.3) is 0 Å². The van der Waals surface area contributed by atoms with Gasteiger partial charge in [-0.3, -0.25) is 4.57 Å². The number of carbonyl (C=O) groups is 1. The molecule has 0 bridgehead atoms. The summed E-state index contributed by atoms with van der Waals surface area (Å²) in [5, 5.41) is 0.292. The van der Waals surface area contributed by atoms with Crippen molar-refractivity contribution in [1.29, 1.82) is 0 Å². The molecule has 1 aliphatic rings. The van der Waals surface area contributed by atoms with Gasteiger partial charge in [0.2, 0.25) is 9.64 Å². The molecule has 0 saturated heterocycles. The van der Waals surface area contributed by atoms with E-state index in [0.29, 0.717) is 5.30 Å². The first kappa shape index (κ1) is 16.7. The minimum absolute atomic E-state index is 0.125. The molecule has 2 atom stereocenters. The number of halogens is 3. The SMILES string of the molecule is O=C1OC(C(Cl)(Cl)Cl)P(=O)(c2ccccc2)Oc2ccccc21. The van der Waals surface area contributed by atoms with Crippen LogP contribution in [0.15, 0.2) is 54.6 Å². The molecule has 1 heterocycles. The van der Waals surface area contributed by atoms with Crippen LogP contribution >= 0.6 is 42.2 Å². The molecule has 0 saturated carbocycles. The van der Waals surface area contributed by atoms with E-state index in [1.54, 1.807) is 42.5 Å². The fourth-order valence-electron chi connectivity index (χ4n) is 2.23. The monoisotopic (exact) mass is 390 g/mol. The first-order valence-electron chi connectivity index (χ1n) is 6.54. The Morgan fingerprint density at radius 3 is 2.22 bits per heavy atom. The van der Waals surface area contributed by atoms with Gasteiger partial charge in [0, 0.05) is 0 Å². The van der Waals surface area contributed by atoms with Gasteiger partial charge in [0.05, 0.1) is 5.30 Å². The van der Waals surface area contributed by atoms with Gasteiger partial charge in [-0.2, -0.15) is 0 Å². The second-order valence-corrected chi connectivity index (χ2v) is 9.55. The Hall–Kier alpha value is -1.19. The van der Waals surface area contributed by atoms with Gasteiger partial charge in [-0.1, -0.05) is 65.1 Å². The number of ether oxygens (including phenoxy) is 1. The van der Waals surface area contributed by atoms with Crippen molar-refractivity contribution in [3.05, 3.63) is 60.2 Å². The number of hydrogen-bond acceptors (Lipinski definition) is 4. The van der Waals surface area contributed by atoms with Crippen molar-refractivity contribution < 1.29 is 18.6 Å². The molecule has 2 aromatic rings. The summed E-state index contributed by atoms with van der Waals surface area (Å²) in [5.74, 6) is -2.20. The minimum atomic E-state index is -3.85. The molecule has 23 heavy (non-hydrogen) atoms. The fourth-order valence-corrected chi connectivity index (χ4v) is 5.65. The lowest BCUT2D eigenvalue weighted by molar-refractivity contribution is 0.0449. The quantitative estimate of drug-likeness (QED) is 0.407. The van der Waals surface area contributed by atoms with Crippen LogP contribution in [0.4, 0.5) is 0 Å². The van der Waals surface area contributed by atoms with Crippen molar-refractivity contribution in [2.75, 3.05) is 0 Å². The third-order valence-corrected chi connectivity index (χ3v) is 6.91. The van der Waals surface area contributed by atoms with Crippen molar-refractivity contribution in [2.45, 2.75) is 9.64 Å². The molecule has 8 heteroatoms. The summed E-state index contributed by atoms with van der Waals surface area (Å²) < 4.78 is 22.4. The molecule has 1 aliphatic heterocycles. The maximum atomic E-state index is 13.6. The van der Waals surface area contributed by atoms with E-state index in [4.69, 9.17) is 44.1 Å². The number of carbonyl (C=O) groups excluding carboxylic acids is 1. The van der Waals surface area contributed by atoms with Crippen molar-refractivity contribution in [1.82, 2.24) is 0 Å². The maximum absolute atomic E-state index is 13.6. The molecule has 120 valence electrons. The summed E-state index contributed by atoms with van der Waals surface area (Å²) in [4.78, 5) is 12.3. The average Bonchev–Trinajstić information content (AvgIpc) is 2.64. The molecule has 0 N–H and O–H groups in total. The second kappa shape index (κ2) is 6.03. The van der Waals surface area contributed by atoms with E-state index >= 15 is 0 Å². The van der Waals surface area contributed by atoms with Gasteiger partial charge in [-0.05, 0) is 24.3 Å². The molecule has 4 nitrogen and oxygen atoms in total. The number of cyclic esters (lactones) is 1. The molecule has 0 radical (unpaired) electrons. The Kier molecular flexibility index (Phi) is 4.37. The van der Waals surface area contributed by atoms with E-state index in [1.165, 1.54) is 12.1 Å². The summed E-state index contributed by atoms with van der Waals surface area (Å²) in [6.45, 7) is 0. The van der Waals surface area contributed by atoms with Crippen LogP contribution in [0.3, 0.4) is 0 Å². The maximum Gasteiger partial charge on any atom is 0.342 e. The highest BCUT2D eigenvalue weighted by Crippen LogP contribution is 2.60. The Bertz CT molecular complexity index is 789. The summed E-state index contributed by atoms with van der Waals surface area (Å²) in [5.41, 5.74) is 0.125. The van der Waals surface area contributed by atoms with Crippen LogP contribution in [0.1, 0.15) is 10.4 Å². The van der Waals surface area contributed by atoms with Crippen LogP contribution in [0.25, 0.3) is 0 Å². The standard InChI is InChI=1S/C15H10Cl3O4P/c16-15(17,18)14-21-13(19)11-8-4-5-9-12(11)22-23(14,20)10-6-2-1-3-7-10/h1-9,14H. The van der Waals surface area contributed by atoms with Gasteiger partial charge in [0.1, 0.15) is 11.3 Å². The topological polar surface area (TPSA) is 52.6 Å². The largest absolute Gasteiger partial charge is 0.442 e. The lowest BCUT2D eigenvalue weighted by Gasteiger charge is -2.29. The first-order chi connectivity index (χ1) is 10.8. The van der Waals surface area contributed by atoms with Crippen molar-refractivity contribution in [3.8, 4) is 5.75 Å². The van der Waals surface area contributed by atoms with E-state index in [0.717, 1.165) is 0 Å². The Morgan fingerprint density at radius 2 is 1.57 bits per heavy atom. The second-order valence-electron chi connectivity index (χ2n) is 4.82. The van der Waals surface area contributed by atoms with Crippen LogP contribution in [0.2, 0.25) is 0 Å². The number of benzene rings is 2. The number of esters is 1. The summed E-state index contributed by atoms with van der Waals surface area (Å²) in [6.07, 6.45) is 0. The molecular weight excluding hydrogens is 381 g/mol. The van der Waals surface area contributed by atoms with E-state index in [9.17, 15) is 9.36 Å². The molecule has 2 aromatic carbocycles. The molecule has 3 rings (SSSR count). The molecule has 2 unspecified atom stereocenters. The lowest BCUT2D eigenvalue weighted by Crippen LogP contribution is -2.34. The molecule has 0 spiro atoms. The number of para-hydroxylation sites is 1. The lowest BCUT2D eigenvalue weighted by atomic mass is 10.2. The summed E-state index contributed by atoms with van der Waals surface area (Å²) in [7, 11) is -3.85. The average molecular weight is 392 g/mol. The van der Waals surface area contributed by atoms with Gasteiger partial charge < -0.3 is 9.26 Å². The summed E-state index contributed by atoms with van der Waals surface area (Å²) in [6, 6.07) is 14.5. The highest BCUT2D eigenvalue weighted by molar-refractivity contribution is 7.68. The van der Waals surface area contributed by atoms with Crippen molar-refractivity contribution in [3.63, 3.8) is 0 Å². The zero-order valence-corrected chi connectivity index (χ0v) is 14.6. The van der Waals surface area contributed by atoms with Gasteiger partial charge in [-0.15, -0.1) is 0 Å². The Labute approximate surface area is 147 Å². The highest BCUT2D eigenvalue weighted by Gasteiger charge is 2.54. The Balaban J connectivity index is 2.22. The van der Waals surface area contributed by atoms with E-state index in [-0.39, 0.29) is 11.3 Å². The predicted octanol–water partition coefficient (Wildman–Crippen LogP) is 4.54. The molecule has 0 fully saturated rings. The van der Waals surface area contributed by atoms with Crippen LogP contribution in [-0.4, -0.2) is 15.6 Å². The van der Waals surface area contributed by atoms with Gasteiger partial charge >= 0.3 is 13.3 Å². The number of rotatable bonds is 1. The number of fused-ring (bicyclic) bond motifs is 1. The van der Waals surface area contributed by atoms with Crippen LogP contribution in [-0.2, 0) is 9.30 Å². The van der Waals surface area contributed by atoms with Crippen LogP contribution < -0.4 is 9.83 Å². The van der Waals surface area contributed by atoms with Crippen molar-refractivity contribution >= 4 is 53.4 Å². The van der Waals surface area contributed by atoms with E-state index in [2.05, 4.69) is 0 Å². The smallest absolute Gasteiger partial charge is 0.342 e. The third kappa shape index (κ3) is 3.09. The summed E-state index contributed by atoms with van der Waals surface area (Å²) >= 11 is 17.8. The van der Waals surface area contributed by atoms with E-state index in [1.807, 2.05) is 0 Å². The normalized spacial score (nSPS) is 24.1. The predicted molar refractivity (Wildman–Crippen MR) is 90.2 cm³/mol. The van der Waals surface area contributed by atoms with Crippen molar-refractivity contribution in [2.24, 2.45) is 0 Å². The molecular formula is C15H10Cl3O4P. The molecule has 0 aliphatic carbocycles. The fraction of sp³-hybridized carbons (Fsp3) is 0.133. The number of hydrogen-bond donors (Lipinski definition) is 0. The highest BCUT2D eigenvalue weighted by atomic mass is 35.6. The molecule has 0 aromatic heterocycles. The van der Waals surface area contributed by atoms with Gasteiger partial charge in [-0.25, -0.2) is 4.79 Å². The molecule has 0 amide bonds.